The van der Waals surface area contributed by atoms with Gasteiger partial charge in [-0.1, -0.05) is 6.07 Å². The summed E-state index contributed by atoms with van der Waals surface area (Å²) in [5.74, 6) is 0.322. The van der Waals surface area contributed by atoms with Crippen LogP contribution in [0.3, 0.4) is 0 Å². The normalized spacial score (nSPS) is 17.8. The fraction of sp³-hybridized carbons (Fsp3) is 0.312. The highest BCUT2D eigenvalue weighted by Gasteiger charge is 2.40. The predicted molar refractivity (Wildman–Crippen MR) is 84.2 cm³/mol. The van der Waals surface area contributed by atoms with Gasteiger partial charge in [-0.2, -0.15) is 0 Å². The van der Waals surface area contributed by atoms with Gasteiger partial charge in [0.05, 0.1) is 5.69 Å². The summed E-state index contributed by atoms with van der Waals surface area (Å²) in [5.41, 5.74) is 7.76. The van der Waals surface area contributed by atoms with Crippen LogP contribution >= 0.6 is 0 Å². The van der Waals surface area contributed by atoms with Crippen LogP contribution in [0.15, 0.2) is 36.7 Å². The molecule has 1 aliphatic rings. The molecular formula is C16H19N5O. The quantitative estimate of drug-likeness (QED) is 0.934. The average Bonchev–Trinajstić information content (AvgIpc) is 2.79. The molecule has 0 fully saturated rings. The van der Waals surface area contributed by atoms with Crippen LogP contribution in [0.25, 0.3) is 0 Å². The van der Waals surface area contributed by atoms with Crippen LogP contribution < -0.4 is 10.7 Å². The van der Waals surface area contributed by atoms with E-state index in [-0.39, 0.29) is 12.1 Å². The summed E-state index contributed by atoms with van der Waals surface area (Å²) >= 11 is 0. The van der Waals surface area contributed by atoms with E-state index in [1.165, 1.54) is 0 Å². The number of nitrogens with zero attached hydrogens (tertiary/aromatic N) is 4. The van der Waals surface area contributed by atoms with Gasteiger partial charge in [0.15, 0.2) is 0 Å². The Morgan fingerprint density at radius 1 is 1.23 bits per heavy atom. The minimum Gasteiger partial charge on any atom is -0.366 e. The van der Waals surface area contributed by atoms with Gasteiger partial charge in [0.25, 0.3) is 0 Å². The van der Waals surface area contributed by atoms with Gasteiger partial charge in [-0.15, -0.1) is 0 Å². The Labute approximate surface area is 129 Å². The zero-order chi connectivity index (χ0) is 15.9. The van der Waals surface area contributed by atoms with Crippen molar-refractivity contribution >= 4 is 11.7 Å². The van der Waals surface area contributed by atoms with Crippen molar-refractivity contribution in [1.82, 2.24) is 15.0 Å². The first-order chi connectivity index (χ1) is 10.5. The number of fused-ring (bicyclic) bond motifs is 1. The predicted octanol–water partition coefficient (Wildman–Crippen LogP) is 1.74. The number of carbonyl (C=O) groups excluding carboxylic acids is 1. The molecule has 3 heterocycles. The van der Waals surface area contributed by atoms with Crippen molar-refractivity contribution in [2.45, 2.75) is 25.9 Å². The Balaban J connectivity index is 2.24. The van der Waals surface area contributed by atoms with E-state index in [4.69, 9.17) is 5.73 Å². The lowest BCUT2D eigenvalue weighted by atomic mass is 9.99. The first-order valence-corrected chi connectivity index (χ1v) is 7.24. The third-order valence-electron chi connectivity index (χ3n) is 3.90. The molecule has 1 unspecified atom stereocenters. The van der Waals surface area contributed by atoms with Crippen LogP contribution in [0.4, 0.5) is 5.82 Å². The Bertz CT molecular complexity index is 701. The molecule has 2 aromatic rings. The van der Waals surface area contributed by atoms with Gasteiger partial charge in [-0.25, -0.2) is 9.99 Å². The standard InChI is InChI=1S/C16H19N5O/c1-10(2)21-16-13(11(15(17)22)7-9-19-16)14(20(21)3)12-6-4-5-8-18-12/h4-10,14H,1-3H3,(H2,17,22). The van der Waals surface area contributed by atoms with Crippen molar-refractivity contribution in [3.63, 3.8) is 0 Å². The van der Waals surface area contributed by atoms with Crippen molar-refractivity contribution in [2.75, 3.05) is 12.1 Å². The third-order valence-corrected chi connectivity index (χ3v) is 3.90. The molecule has 22 heavy (non-hydrogen) atoms. The Morgan fingerprint density at radius 2 is 2.00 bits per heavy atom. The van der Waals surface area contributed by atoms with Gasteiger partial charge < -0.3 is 5.73 Å². The monoisotopic (exact) mass is 297 g/mol. The van der Waals surface area contributed by atoms with Gasteiger partial charge in [-0.05, 0) is 32.0 Å². The first kappa shape index (κ1) is 14.5. The smallest absolute Gasteiger partial charge is 0.249 e. The SMILES string of the molecule is CC(C)N1c2nccc(C(N)=O)c2C(c2ccccn2)N1C. The van der Waals surface area contributed by atoms with Crippen molar-refractivity contribution in [3.05, 3.63) is 53.5 Å². The number of nitrogens with two attached hydrogens (primary N) is 1. The summed E-state index contributed by atoms with van der Waals surface area (Å²) in [6.07, 6.45) is 3.38. The highest BCUT2D eigenvalue weighted by Crippen LogP contribution is 2.43. The molecule has 2 aromatic heterocycles. The van der Waals surface area contributed by atoms with Crippen molar-refractivity contribution < 1.29 is 4.79 Å². The van der Waals surface area contributed by atoms with E-state index < -0.39 is 5.91 Å². The van der Waals surface area contributed by atoms with Crippen LogP contribution in [0.2, 0.25) is 0 Å². The number of hydrogen-bond acceptors (Lipinski definition) is 5. The molecule has 0 aromatic carbocycles. The number of hydrogen-bond donors (Lipinski definition) is 1. The fourth-order valence-corrected chi connectivity index (χ4v) is 3.08. The minimum atomic E-state index is -0.446. The molecule has 0 radical (unpaired) electrons. The third kappa shape index (κ3) is 2.12. The highest BCUT2D eigenvalue weighted by atomic mass is 16.1. The molecule has 6 nitrogen and oxygen atoms in total. The highest BCUT2D eigenvalue weighted by molar-refractivity contribution is 5.96. The maximum Gasteiger partial charge on any atom is 0.249 e. The minimum absolute atomic E-state index is 0.171. The maximum absolute atomic E-state index is 11.9. The second-order valence-corrected chi connectivity index (χ2v) is 5.63. The number of amides is 1. The Morgan fingerprint density at radius 3 is 2.59 bits per heavy atom. The second kappa shape index (κ2) is 5.38. The number of hydrazine groups is 1. The summed E-state index contributed by atoms with van der Waals surface area (Å²) < 4.78 is 0. The summed E-state index contributed by atoms with van der Waals surface area (Å²) in [5, 5.41) is 4.14. The molecule has 1 aliphatic heterocycles. The number of rotatable bonds is 3. The van der Waals surface area contributed by atoms with Gasteiger partial charge in [-0.3, -0.25) is 14.8 Å². The molecule has 3 rings (SSSR count). The van der Waals surface area contributed by atoms with Crippen LogP contribution in [0, 0.1) is 0 Å². The van der Waals surface area contributed by atoms with Crippen LogP contribution in [-0.4, -0.2) is 34.0 Å². The molecule has 0 spiro atoms. The van der Waals surface area contributed by atoms with Crippen LogP contribution in [0.5, 0.6) is 0 Å². The summed E-state index contributed by atoms with van der Waals surface area (Å²) in [4.78, 5) is 20.8. The number of primary amides is 1. The molecule has 0 saturated carbocycles. The molecule has 1 atom stereocenters. The lowest BCUT2D eigenvalue weighted by molar-refractivity contribution is 0.0998. The van der Waals surface area contributed by atoms with E-state index in [1.807, 2.05) is 25.2 Å². The molecule has 0 aliphatic carbocycles. The Kier molecular flexibility index (Phi) is 3.54. The van der Waals surface area contributed by atoms with Gasteiger partial charge in [0, 0.05) is 36.6 Å². The summed E-state index contributed by atoms with van der Waals surface area (Å²) in [6, 6.07) is 7.47. The van der Waals surface area contributed by atoms with Crippen LogP contribution in [-0.2, 0) is 0 Å². The Hall–Kier alpha value is -2.47. The topological polar surface area (TPSA) is 75.4 Å². The second-order valence-electron chi connectivity index (χ2n) is 5.63. The lowest BCUT2D eigenvalue weighted by Gasteiger charge is -2.32. The molecule has 6 heteroatoms. The van der Waals surface area contributed by atoms with E-state index >= 15 is 0 Å². The van der Waals surface area contributed by atoms with Gasteiger partial charge in [0.1, 0.15) is 11.9 Å². The van der Waals surface area contributed by atoms with E-state index in [9.17, 15) is 4.79 Å². The van der Waals surface area contributed by atoms with Crippen LogP contribution in [0.1, 0.15) is 41.5 Å². The molecule has 0 saturated heterocycles. The van der Waals surface area contributed by atoms with Gasteiger partial charge >= 0.3 is 0 Å². The molecule has 114 valence electrons. The first-order valence-electron chi connectivity index (χ1n) is 7.24. The lowest BCUT2D eigenvalue weighted by Crippen LogP contribution is -2.42. The number of anilines is 1. The number of pyridine rings is 2. The van der Waals surface area contributed by atoms with E-state index in [2.05, 4.69) is 33.8 Å². The van der Waals surface area contributed by atoms with Gasteiger partial charge in [0.2, 0.25) is 5.91 Å². The zero-order valence-corrected chi connectivity index (χ0v) is 12.9. The van der Waals surface area contributed by atoms with E-state index in [1.54, 1.807) is 18.5 Å². The molecule has 2 N–H and O–H groups in total. The largest absolute Gasteiger partial charge is 0.366 e. The fourth-order valence-electron chi connectivity index (χ4n) is 3.08. The number of carbonyl (C=O) groups is 1. The van der Waals surface area contributed by atoms with Crippen molar-refractivity contribution in [3.8, 4) is 0 Å². The zero-order valence-electron chi connectivity index (χ0n) is 12.9. The van der Waals surface area contributed by atoms with Crippen molar-refractivity contribution in [1.29, 1.82) is 0 Å². The number of aromatic nitrogens is 2. The maximum atomic E-state index is 11.9. The summed E-state index contributed by atoms with van der Waals surface area (Å²) in [6.45, 7) is 4.17. The average molecular weight is 297 g/mol. The van der Waals surface area contributed by atoms with E-state index in [0.717, 1.165) is 17.1 Å². The van der Waals surface area contributed by atoms with Crippen molar-refractivity contribution in [2.24, 2.45) is 5.73 Å². The molecule has 1 amide bonds. The van der Waals surface area contributed by atoms with E-state index in [0.29, 0.717) is 5.56 Å². The molecule has 0 bridgehead atoms. The molecular weight excluding hydrogens is 278 g/mol. The summed E-state index contributed by atoms with van der Waals surface area (Å²) in [7, 11) is 1.98.